The summed E-state index contributed by atoms with van der Waals surface area (Å²) >= 11 is 12.8. The van der Waals surface area contributed by atoms with Crippen LogP contribution in [0.3, 0.4) is 0 Å². The van der Waals surface area contributed by atoms with Crippen molar-refractivity contribution in [2.24, 2.45) is 5.73 Å². The number of hydrogen-bond donors (Lipinski definition) is 1. The average Bonchev–Trinajstić information content (AvgIpc) is 2.73. The van der Waals surface area contributed by atoms with Crippen LogP contribution in [0.5, 0.6) is 0 Å². The van der Waals surface area contributed by atoms with Gasteiger partial charge in [0.15, 0.2) is 0 Å². The van der Waals surface area contributed by atoms with Gasteiger partial charge in [0.1, 0.15) is 25.1 Å². The first-order valence-corrected chi connectivity index (χ1v) is 10.7. The SMILES string of the molecule is CC(C)c1ccc([N+]2(c3ncnc4c(Cl)cc(Cl)cc34)CCN(C(N)=O)CC2)cc1. The van der Waals surface area contributed by atoms with E-state index in [4.69, 9.17) is 33.9 Å². The molecule has 1 saturated heterocycles. The number of rotatable bonds is 3. The van der Waals surface area contributed by atoms with Gasteiger partial charge in [0.25, 0.3) is 0 Å². The highest BCUT2D eigenvalue weighted by Crippen LogP contribution is 2.41. The van der Waals surface area contributed by atoms with Crippen LogP contribution in [0.4, 0.5) is 16.3 Å². The molecule has 2 N–H and O–H groups in total. The Morgan fingerprint density at radius 3 is 2.37 bits per heavy atom. The molecular weight excluding hydrogens is 421 g/mol. The fraction of sp³-hybridized carbons (Fsp3) is 0.318. The number of hydrogen-bond acceptors (Lipinski definition) is 3. The first kappa shape index (κ1) is 20.8. The first-order valence-electron chi connectivity index (χ1n) is 9.94. The molecule has 1 aliphatic heterocycles. The summed E-state index contributed by atoms with van der Waals surface area (Å²) in [6, 6.07) is 11.8. The molecule has 0 atom stereocenters. The molecule has 1 aromatic heterocycles. The molecule has 30 heavy (non-hydrogen) atoms. The maximum atomic E-state index is 11.7. The molecule has 2 heterocycles. The van der Waals surface area contributed by atoms with Crippen LogP contribution < -0.4 is 10.2 Å². The monoisotopic (exact) mass is 444 g/mol. The Morgan fingerprint density at radius 2 is 1.77 bits per heavy atom. The molecule has 8 heteroatoms. The Bertz CT molecular complexity index is 1090. The number of quaternary nitrogens is 1. The van der Waals surface area contributed by atoms with Crippen molar-refractivity contribution in [3.05, 3.63) is 58.3 Å². The second-order valence-electron chi connectivity index (χ2n) is 7.97. The van der Waals surface area contributed by atoms with Crippen LogP contribution in [0.25, 0.3) is 10.9 Å². The van der Waals surface area contributed by atoms with Gasteiger partial charge in [-0.2, -0.15) is 4.98 Å². The largest absolute Gasteiger partial charge is 0.351 e. The molecule has 1 fully saturated rings. The third kappa shape index (κ3) is 3.60. The number of halogens is 2. The summed E-state index contributed by atoms with van der Waals surface area (Å²) in [6.07, 6.45) is 1.54. The highest BCUT2D eigenvalue weighted by Gasteiger charge is 2.41. The Hall–Kier alpha value is -2.41. The number of aromatic nitrogens is 2. The van der Waals surface area contributed by atoms with E-state index in [1.165, 1.54) is 5.56 Å². The maximum Gasteiger partial charge on any atom is 0.315 e. The van der Waals surface area contributed by atoms with Crippen LogP contribution in [0.15, 0.2) is 42.7 Å². The molecule has 4 rings (SSSR count). The zero-order chi connectivity index (χ0) is 21.5. The van der Waals surface area contributed by atoms with Gasteiger partial charge in [-0.15, -0.1) is 0 Å². The summed E-state index contributed by atoms with van der Waals surface area (Å²) in [5, 5.41) is 1.84. The quantitative estimate of drug-likeness (QED) is 0.571. The fourth-order valence-corrected chi connectivity index (χ4v) is 4.73. The average molecular weight is 445 g/mol. The van der Waals surface area contributed by atoms with E-state index in [9.17, 15) is 4.79 Å². The van der Waals surface area contributed by atoms with Gasteiger partial charge in [-0.3, -0.25) is 0 Å². The van der Waals surface area contributed by atoms with Gasteiger partial charge < -0.3 is 10.6 Å². The number of piperazine rings is 1. The minimum atomic E-state index is -0.401. The summed E-state index contributed by atoms with van der Waals surface area (Å²) in [7, 11) is 0. The van der Waals surface area contributed by atoms with Gasteiger partial charge in [-0.1, -0.05) is 49.2 Å². The second-order valence-corrected chi connectivity index (χ2v) is 8.81. The maximum absolute atomic E-state index is 11.7. The molecule has 0 spiro atoms. The molecule has 2 amide bonds. The summed E-state index contributed by atoms with van der Waals surface area (Å²) in [4.78, 5) is 22.5. The number of nitrogens with two attached hydrogens (primary N) is 1. The van der Waals surface area contributed by atoms with E-state index < -0.39 is 6.03 Å². The Kier molecular flexibility index (Phi) is 5.57. The lowest BCUT2D eigenvalue weighted by molar-refractivity contribution is 0.172. The smallest absolute Gasteiger partial charge is 0.315 e. The van der Waals surface area contributed by atoms with Crippen molar-refractivity contribution in [2.75, 3.05) is 26.2 Å². The minimum Gasteiger partial charge on any atom is -0.351 e. The van der Waals surface area contributed by atoms with Gasteiger partial charge in [-0.25, -0.2) is 14.3 Å². The van der Waals surface area contributed by atoms with Gasteiger partial charge in [0.05, 0.1) is 29.0 Å². The Morgan fingerprint density at radius 1 is 1.10 bits per heavy atom. The van der Waals surface area contributed by atoms with Crippen molar-refractivity contribution >= 4 is 51.6 Å². The molecule has 156 valence electrons. The predicted octanol–water partition coefficient (Wildman–Crippen LogP) is 5.09. The number of carbonyl (C=O) groups excluding carboxylic acids is 1. The van der Waals surface area contributed by atoms with E-state index in [1.807, 2.05) is 6.07 Å². The van der Waals surface area contributed by atoms with Gasteiger partial charge >= 0.3 is 6.03 Å². The van der Waals surface area contributed by atoms with Crippen LogP contribution in [0.2, 0.25) is 10.0 Å². The van der Waals surface area contributed by atoms with Crippen LogP contribution in [0.1, 0.15) is 25.3 Å². The number of nitrogens with zero attached hydrogens (tertiary/aromatic N) is 4. The van der Waals surface area contributed by atoms with E-state index in [2.05, 4.69) is 43.1 Å². The molecule has 0 saturated carbocycles. The summed E-state index contributed by atoms with van der Waals surface area (Å²) in [5.74, 6) is 1.27. The van der Waals surface area contributed by atoms with Crippen molar-refractivity contribution in [1.29, 1.82) is 0 Å². The highest BCUT2D eigenvalue weighted by molar-refractivity contribution is 6.38. The molecule has 2 aromatic carbocycles. The summed E-state index contributed by atoms with van der Waals surface area (Å²) < 4.78 is 0.470. The zero-order valence-corrected chi connectivity index (χ0v) is 18.5. The Balaban J connectivity index is 1.91. The fourth-order valence-electron chi connectivity index (χ4n) is 4.18. The van der Waals surface area contributed by atoms with Crippen molar-refractivity contribution < 1.29 is 4.79 Å². The van der Waals surface area contributed by atoms with Crippen LogP contribution >= 0.6 is 23.2 Å². The molecule has 3 aromatic rings. The third-order valence-electron chi connectivity index (χ3n) is 5.91. The summed E-state index contributed by atoms with van der Waals surface area (Å²) in [6.45, 7) is 6.68. The molecule has 0 unspecified atom stereocenters. The number of carbonyl (C=O) groups is 1. The van der Waals surface area contributed by atoms with Gasteiger partial charge in [0, 0.05) is 5.02 Å². The third-order valence-corrected chi connectivity index (χ3v) is 6.42. The van der Waals surface area contributed by atoms with E-state index >= 15 is 0 Å². The van der Waals surface area contributed by atoms with Crippen molar-refractivity contribution in [3.63, 3.8) is 0 Å². The van der Waals surface area contributed by atoms with Crippen molar-refractivity contribution in [1.82, 2.24) is 19.4 Å². The van der Waals surface area contributed by atoms with E-state index in [1.54, 1.807) is 17.3 Å². The van der Waals surface area contributed by atoms with Crippen molar-refractivity contribution in [2.45, 2.75) is 19.8 Å². The van der Waals surface area contributed by atoms with Crippen molar-refractivity contribution in [3.8, 4) is 0 Å². The molecule has 0 bridgehead atoms. The lowest BCUT2D eigenvalue weighted by Crippen LogP contribution is -2.60. The standard InChI is InChI=1S/C22H23Cl2N5O/c1-14(2)15-3-5-17(6-4-15)29(9-7-28(8-10-29)22(25)30)21-18-11-16(23)12-19(24)20(18)26-13-27-21/h3-6,11-14H,7-10H2,1-2H3,(H-,25,30)/p+1. The van der Waals surface area contributed by atoms with Crippen LogP contribution in [0, 0.1) is 0 Å². The topological polar surface area (TPSA) is 72.1 Å². The number of urea groups is 1. The summed E-state index contributed by atoms with van der Waals surface area (Å²) in [5.41, 5.74) is 8.57. The first-order chi connectivity index (χ1) is 14.3. The van der Waals surface area contributed by atoms with E-state index in [0.717, 1.165) is 16.9 Å². The molecular formula is C22H24Cl2N5O+. The van der Waals surface area contributed by atoms with E-state index in [0.29, 0.717) is 52.1 Å². The Labute approximate surface area is 185 Å². The molecule has 0 aliphatic carbocycles. The number of benzene rings is 2. The van der Waals surface area contributed by atoms with Crippen LogP contribution in [-0.4, -0.2) is 47.1 Å². The van der Waals surface area contributed by atoms with E-state index in [-0.39, 0.29) is 0 Å². The second kappa shape index (κ2) is 8.02. The zero-order valence-electron chi connectivity index (χ0n) is 17.0. The van der Waals surface area contributed by atoms with Gasteiger partial charge in [-0.05, 0) is 35.7 Å². The predicted molar refractivity (Wildman–Crippen MR) is 122 cm³/mol. The molecule has 6 nitrogen and oxygen atoms in total. The van der Waals surface area contributed by atoms with Crippen LogP contribution in [-0.2, 0) is 0 Å². The number of primary amides is 1. The highest BCUT2D eigenvalue weighted by atomic mass is 35.5. The normalized spacial score (nSPS) is 16.2. The lowest BCUT2D eigenvalue weighted by Gasteiger charge is -2.43. The molecule has 0 radical (unpaired) electrons. The van der Waals surface area contributed by atoms with Gasteiger partial charge in [0.2, 0.25) is 5.82 Å². The minimum absolute atomic E-state index is 0.401. The number of amides is 2. The number of fused-ring (bicyclic) bond motifs is 1. The molecule has 1 aliphatic rings. The lowest BCUT2D eigenvalue weighted by atomic mass is 10.0.